The fourth-order valence-corrected chi connectivity index (χ4v) is 3.94. The first-order chi connectivity index (χ1) is 14.9. The Kier molecular flexibility index (Phi) is 5.86. The molecule has 0 aliphatic carbocycles. The highest BCUT2D eigenvalue weighted by atomic mass is 32.1. The van der Waals surface area contributed by atoms with Crippen molar-refractivity contribution in [2.24, 2.45) is 0 Å². The zero-order chi connectivity index (χ0) is 21.8. The Morgan fingerprint density at radius 1 is 0.935 bits per heavy atom. The standard InChI is InChI=1S/C24H17F3N2OS/c25-24(26,27)19-10-4-6-16(12-19)13-22-29-21(15-31-22)18-9-5-11-20(14-18)28-23(30)17-7-2-1-3-8-17/h1-12,14-15H,13H2,(H,28,30). The van der Waals surface area contributed by atoms with Crippen molar-refractivity contribution >= 4 is 22.9 Å². The molecular weight excluding hydrogens is 421 g/mol. The van der Waals surface area contributed by atoms with Gasteiger partial charge in [-0.15, -0.1) is 11.3 Å². The fraction of sp³-hybridized carbons (Fsp3) is 0.0833. The number of benzene rings is 3. The van der Waals surface area contributed by atoms with E-state index in [9.17, 15) is 18.0 Å². The van der Waals surface area contributed by atoms with Gasteiger partial charge in [-0.2, -0.15) is 13.2 Å². The summed E-state index contributed by atoms with van der Waals surface area (Å²) in [7, 11) is 0. The molecule has 0 radical (unpaired) electrons. The van der Waals surface area contributed by atoms with Crippen molar-refractivity contribution < 1.29 is 18.0 Å². The van der Waals surface area contributed by atoms with Gasteiger partial charge in [-0.25, -0.2) is 4.98 Å². The number of nitrogens with one attached hydrogen (secondary N) is 1. The minimum absolute atomic E-state index is 0.207. The number of alkyl halides is 3. The highest BCUT2D eigenvalue weighted by Crippen LogP contribution is 2.31. The van der Waals surface area contributed by atoms with Crippen molar-refractivity contribution in [1.29, 1.82) is 0 Å². The van der Waals surface area contributed by atoms with Crippen molar-refractivity contribution in [2.45, 2.75) is 12.6 Å². The molecule has 1 heterocycles. The number of aromatic nitrogens is 1. The molecular formula is C24H17F3N2OS. The van der Waals surface area contributed by atoms with Crippen LogP contribution in [0.5, 0.6) is 0 Å². The molecule has 0 spiro atoms. The first-order valence-corrected chi connectivity index (χ1v) is 10.3. The summed E-state index contributed by atoms with van der Waals surface area (Å²) in [5, 5.41) is 5.44. The van der Waals surface area contributed by atoms with Gasteiger partial charge in [-0.1, -0.05) is 48.5 Å². The Balaban J connectivity index is 1.49. The Labute approximate surface area is 181 Å². The summed E-state index contributed by atoms with van der Waals surface area (Å²) in [5.41, 5.74) is 2.62. The molecule has 1 amide bonds. The molecule has 0 aliphatic heterocycles. The van der Waals surface area contributed by atoms with Gasteiger partial charge in [0.05, 0.1) is 16.3 Å². The Morgan fingerprint density at radius 2 is 1.71 bits per heavy atom. The van der Waals surface area contributed by atoms with Gasteiger partial charge in [-0.3, -0.25) is 4.79 Å². The summed E-state index contributed by atoms with van der Waals surface area (Å²) < 4.78 is 38.8. The first kappa shape index (κ1) is 20.8. The molecule has 31 heavy (non-hydrogen) atoms. The number of nitrogens with zero attached hydrogens (tertiary/aromatic N) is 1. The first-order valence-electron chi connectivity index (χ1n) is 9.46. The summed E-state index contributed by atoms with van der Waals surface area (Å²) in [6.45, 7) is 0. The predicted octanol–water partition coefficient (Wildman–Crippen LogP) is 6.67. The van der Waals surface area contributed by atoms with Crippen LogP contribution in [0.15, 0.2) is 84.2 Å². The molecule has 4 rings (SSSR count). The number of hydrogen-bond acceptors (Lipinski definition) is 3. The number of carbonyl (C=O) groups is 1. The third kappa shape index (κ3) is 5.19. The second-order valence-corrected chi connectivity index (χ2v) is 7.85. The fourth-order valence-electron chi connectivity index (χ4n) is 3.11. The van der Waals surface area contributed by atoms with E-state index in [1.807, 2.05) is 29.6 Å². The molecule has 156 valence electrons. The van der Waals surface area contributed by atoms with Crippen LogP contribution in [0.3, 0.4) is 0 Å². The predicted molar refractivity (Wildman–Crippen MR) is 116 cm³/mol. The second-order valence-electron chi connectivity index (χ2n) is 6.90. The lowest BCUT2D eigenvalue weighted by Crippen LogP contribution is -2.11. The van der Waals surface area contributed by atoms with Crippen LogP contribution in [0.2, 0.25) is 0 Å². The summed E-state index contributed by atoms with van der Waals surface area (Å²) in [5.74, 6) is -0.207. The molecule has 0 bridgehead atoms. The molecule has 0 saturated carbocycles. The summed E-state index contributed by atoms with van der Waals surface area (Å²) in [6.07, 6.45) is -4.05. The number of amides is 1. The lowest BCUT2D eigenvalue weighted by atomic mass is 10.1. The van der Waals surface area contributed by atoms with Crippen LogP contribution < -0.4 is 5.32 Å². The monoisotopic (exact) mass is 438 g/mol. The Bertz CT molecular complexity index is 1200. The van der Waals surface area contributed by atoms with Crippen LogP contribution in [-0.4, -0.2) is 10.9 Å². The number of hydrogen-bond donors (Lipinski definition) is 1. The molecule has 0 aliphatic rings. The lowest BCUT2D eigenvalue weighted by Gasteiger charge is -2.08. The van der Waals surface area contributed by atoms with Crippen LogP contribution >= 0.6 is 11.3 Å². The summed E-state index contributed by atoms with van der Waals surface area (Å²) >= 11 is 1.39. The van der Waals surface area contributed by atoms with Crippen molar-refractivity contribution in [3.05, 3.63) is 106 Å². The van der Waals surface area contributed by atoms with E-state index < -0.39 is 11.7 Å². The Hall–Kier alpha value is -3.45. The third-order valence-electron chi connectivity index (χ3n) is 4.61. The highest BCUT2D eigenvalue weighted by Gasteiger charge is 2.30. The minimum atomic E-state index is -4.37. The zero-order valence-electron chi connectivity index (χ0n) is 16.2. The van der Waals surface area contributed by atoms with E-state index >= 15 is 0 Å². The van der Waals surface area contributed by atoms with E-state index in [0.717, 1.165) is 17.7 Å². The molecule has 3 aromatic carbocycles. The maximum Gasteiger partial charge on any atom is 0.416 e. The van der Waals surface area contributed by atoms with E-state index in [-0.39, 0.29) is 5.91 Å². The van der Waals surface area contributed by atoms with E-state index in [4.69, 9.17) is 0 Å². The Morgan fingerprint density at radius 3 is 2.48 bits per heavy atom. The number of anilines is 1. The molecule has 3 nitrogen and oxygen atoms in total. The third-order valence-corrected chi connectivity index (χ3v) is 5.46. The van der Waals surface area contributed by atoms with Gasteiger partial charge in [0.25, 0.3) is 5.91 Å². The van der Waals surface area contributed by atoms with E-state index in [1.54, 1.807) is 36.4 Å². The topological polar surface area (TPSA) is 42.0 Å². The number of halogens is 3. The van der Waals surface area contributed by atoms with Crippen LogP contribution in [0.25, 0.3) is 11.3 Å². The molecule has 0 saturated heterocycles. The lowest BCUT2D eigenvalue weighted by molar-refractivity contribution is -0.137. The summed E-state index contributed by atoms with van der Waals surface area (Å²) in [4.78, 5) is 16.9. The van der Waals surface area contributed by atoms with Crippen molar-refractivity contribution in [3.8, 4) is 11.3 Å². The quantitative estimate of drug-likeness (QED) is 0.378. The van der Waals surface area contributed by atoms with Crippen LogP contribution in [0, 0.1) is 0 Å². The molecule has 1 N–H and O–H groups in total. The summed E-state index contributed by atoms with van der Waals surface area (Å²) in [6, 6.07) is 21.5. The van der Waals surface area contributed by atoms with Crippen molar-refractivity contribution in [3.63, 3.8) is 0 Å². The molecule has 0 unspecified atom stereocenters. The average molecular weight is 438 g/mol. The van der Waals surface area contributed by atoms with Crippen molar-refractivity contribution in [1.82, 2.24) is 4.98 Å². The van der Waals surface area contributed by atoms with Gasteiger partial charge in [0.1, 0.15) is 0 Å². The average Bonchev–Trinajstić information content (AvgIpc) is 3.23. The smallest absolute Gasteiger partial charge is 0.322 e. The van der Waals surface area contributed by atoms with Crippen molar-refractivity contribution in [2.75, 3.05) is 5.32 Å². The van der Waals surface area contributed by atoms with Crippen LogP contribution in [0.1, 0.15) is 26.5 Å². The minimum Gasteiger partial charge on any atom is -0.322 e. The largest absolute Gasteiger partial charge is 0.416 e. The maximum absolute atomic E-state index is 12.9. The van der Waals surface area contributed by atoms with E-state index in [2.05, 4.69) is 10.3 Å². The van der Waals surface area contributed by atoms with Crippen LogP contribution in [-0.2, 0) is 12.6 Å². The van der Waals surface area contributed by atoms with Gasteiger partial charge in [0.15, 0.2) is 0 Å². The molecule has 0 fully saturated rings. The van der Waals surface area contributed by atoms with Gasteiger partial charge < -0.3 is 5.32 Å². The molecule has 1 aromatic heterocycles. The molecule has 4 aromatic rings. The van der Waals surface area contributed by atoms with Gasteiger partial charge >= 0.3 is 6.18 Å². The van der Waals surface area contributed by atoms with Crippen LogP contribution in [0.4, 0.5) is 18.9 Å². The normalized spacial score (nSPS) is 11.3. The van der Waals surface area contributed by atoms with Gasteiger partial charge in [0.2, 0.25) is 0 Å². The molecule has 0 atom stereocenters. The SMILES string of the molecule is O=C(Nc1cccc(-c2csc(Cc3cccc(C(F)(F)F)c3)n2)c1)c1ccccc1. The molecule has 7 heteroatoms. The second kappa shape index (κ2) is 8.73. The highest BCUT2D eigenvalue weighted by molar-refractivity contribution is 7.10. The van der Waals surface area contributed by atoms with Gasteiger partial charge in [0, 0.05) is 28.6 Å². The van der Waals surface area contributed by atoms with Gasteiger partial charge in [-0.05, 0) is 35.9 Å². The number of rotatable bonds is 5. The van der Waals surface area contributed by atoms with E-state index in [0.29, 0.717) is 33.9 Å². The maximum atomic E-state index is 12.9. The number of thiazole rings is 1. The number of carbonyl (C=O) groups excluding carboxylic acids is 1. The zero-order valence-corrected chi connectivity index (χ0v) is 17.0. The van der Waals surface area contributed by atoms with E-state index in [1.165, 1.54) is 17.4 Å².